The predicted octanol–water partition coefficient (Wildman–Crippen LogP) is 1.80. The van der Waals surface area contributed by atoms with Crippen LogP contribution < -0.4 is 5.14 Å². The number of sulfonamides is 1. The number of ether oxygens (including phenoxy) is 1. The molecule has 0 saturated heterocycles. The molecular formula is C10H11BrFNO4S. The summed E-state index contributed by atoms with van der Waals surface area (Å²) in [5, 5.41) is 4.84. The average molecular weight is 340 g/mol. The molecule has 1 rings (SSSR count). The van der Waals surface area contributed by atoms with Crippen molar-refractivity contribution in [2.75, 3.05) is 6.61 Å². The van der Waals surface area contributed by atoms with Gasteiger partial charge in [-0.1, -0.05) is 6.92 Å². The van der Waals surface area contributed by atoms with E-state index in [-0.39, 0.29) is 16.6 Å². The molecule has 0 amide bonds. The zero-order valence-electron chi connectivity index (χ0n) is 9.44. The van der Waals surface area contributed by atoms with Crippen LogP contribution in [-0.4, -0.2) is 21.0 Å². The van der Waals surface area contributed by atoms with Crippen LogP contribution in [-0.2, 0) is 14.8 Å². The maximum atomic E-state index is 13.4. The summed E-state index contributed by atoms with van der Waals surface area (Å²) < 4.78 is 40.6. The van der Waals surface area contributed by atoms with Gasteiger partial charge in [0.05, 0.1) is 12.2 Å². The number of rotatable bonds is 4. The van der Waals surface area contributed by atoms with E-state index < -0.39 is 26.7 Å². The zero-order valence-corrected chi connectivity index (χ0v) is 11.8. The van der Waals surface area contributed by atoms with E-state index in [1.165, 1.54) is 0 Å². The number of hydrogen-bond donors (Lipinski definition) is 1. The molecule has 0 aliphatic carbocycles. The van der Waals surface area contributed by atoms with E-state index in [1.54, 1.807) is 0 Å². The average Bonchev–Trinajstić information content (AvgIpc) is 2.24. The van der Waals surface area contributed by atoms with Gasteiger partial charge in [0.25, 0.3) is 0 Å². The Bertz CT molecular complexity index is 573. The van der Waals surface area contributed by atoms with Crippen molar-refractivity contribution >= 4 is 31.9 Å². The molecular weight excluding hydrogens is 329 g/mol. The highest BCUT2D eigenvalue weighted by molar-refractivity contribution is 9.10. The van der Waals surface area contributed by atoms with Gasteiger partial charge in [-0.3, -0.25) is 0 Å². The fourth-order valence-electron chi connectivity index (χ4n) is 1.18. The summed E-state index contributed by atoms with van der Waals surface area (Å²) in [4.78, 5) is 10.9. The second-order valence-corrected chi connectivity index (χ2v) is 5.83. The lowest BCUT2D eigenvalue weighted by Gasteiger charge is -2.08. The Morgan fingerprint density at radius 2 is 2.11 bits per heavy atom. The van der Waals surface area contributed by atoms with Crippen LogP contribution in [0.25, 0.3) is 0 Å². The Morgan fingerprint density at radius 3 is 2.61 bits per heavy atom. The Labute approximate surface area is 112 Å². The molecule has 0 unspecified atom stereocenters. The SMILES string of the molecule is CCCOC(=O)c1cc(S(N)(=O)=O)c(F)cc1Br. The van der Waals surface area contributed by atoms with E-state index in [0.29, 0.717) is 6.42 Å². The molecule has 0 bridgehead atoms. The number of halogens is 2. The van der Waals surface area contributed by atoms with Gasteiger partial charge in [-0.25, -0.2) is 22.7 Å². The number of nitrogens with two attached hydrogens (primary N) is 1. The topological polar surface area (TPSA) is 86.5 Å². The van der Waals surface area contributed by atoms with Crippen LogP contribution in [0.15, 0.2) is 21.5 Å². The zero-order chi connectivity index (χ0) is 13.9. The van der Waals surface area contributed by atoms with Gasteiger partial charge in [0, 0.05) is 4.47 Å². The Balaban J connectivity index is 3.26. The molecule has 0 aromatic heterocycles. The molecule has 0 heterocycles. The molecule has 8 heteroatoms. The molecule has 0 saturated carbocycles. The monoisotopic (exact) mass is 339 g/mol. The van der Waals surface area contributed by atoms with Crippen LogP contribution >= 0.6 is 15.9 Å². The first-order chi connectivity index (χ1) is 8.27. The molecule has 1 aromatic carbocycles. The van der Waals surface area contributed by atoms with Crippen LogP contribution in [0.3, 0.4) is 0 Å². The van der Waals surface area contributed by atoms with E-state index in [2.05, 4.69) is 15.9 Å². The van der Waals surface area contributed by atoms with Crippen molar-refractivity contribution < 1.29 is 22.3 Å². The molecule has 0 atom stereocenters. The molecule has 0 aliphatic rings. The lowest BCUT2D eigenvalue weighted by Crippen LogP contribution is -2.16. The van der Waals surface area contributed by atoms with Crippen molar-refractivity contribution in [2.45, 2.75) is 18.2 Å². The van der Waals surface area contributed by atoms with Crippen LogP contribution in [0, 0.1) is 5.82 Å². The molecule has 18 heavy (non-hydrogen) atoms. The number of hydrogen-bond acceptors (Lipinski definition) is 4. The van der Waals surface area contributed by atoms with Gasteiger partial charge in [-0.05, 0) is 34.5 Å². The maximum Gasteiger partial charge on any atom is 0.339 e. The van der Waals surface area contributed by atoms with Crippen molar-refractivity contribution in [3.8, 4) is 0 Å². The molecule has 0 aliphatic heterocycles. The van der Waals surface area contributed by atoms with Crippen molar-refractivity contribution in [3.05, 3.63) is 28.0 Å². The predicted molar refractivity (Wildman–Crippen MR) is 66.0 cm³/mol. The van der Waals surface area contributed by atoms with Gasteiger partial charge in [0.15, 0.2) is 0 Å². The van der Waals surface area contributed by atoms with Crippen molar-refractivity contribution in [1.82, 2.24) is 0 Å². The second-order valence-electron chi connectivity index (χ2n) is 3.44. The highest BCUT2D eigenvalue weighted by atomic mass is 79.9. The van der Waals surface area contributed by atoms with Crippen molar-refractivity contribution in [3.63, 3.8) is 0 Å². The van der Waals surface area contributed by atoms with Crippen LogP contribution in [0.2, 0.25) is 0 Å². The Kier molecular flexibility index (Phi) is 4.83. The quantitative estimate of drug-likeness (QED) is 0.847. The highest BCUT2D eigenvalue weighted by Crippen LogP contribution is 2.24. The molecule has 0 fully saturated rings. The molecule has 5 nitrogen and oxygen atoms in total. The first-order valence-electron chi connectivity index (χ1n) is 4.96. The number of primary sulfonamides is 1. The molecule has 1 aromatic rings. The van der Waals surface area contributed by atoms with E-state index in [9.17, 15) is 17.6 Å². The molecule has 100 valence electrons. The van der Waals surface area contributed by atoms with Gasteiger partial charge in [0.1, 0.15) is 10.7 Å². The summed E-state index contributed by atoms with van der Waals surface area (Å²) in [5.74, 6) is -1.77. The third-order valence-corrected chi connectivity index (χ3v) is 3.57. The standard InChI is InChI=1S/C10H11BrFNO4S/c1-2-3-17-10(14)6-4-9(18(13,15)16)8(12)5-7(6)11/h4-5H,2-3H2,1H3,(H2,13,15,16). The third-order valence-electron chi connectivity index (χ3n) is 1.99. The lowest BCUT2D eigenvalue weighted by molar-refractivity contribution is 0.0503. The summed E-state index contributed by atoms with van der Waals surface area (Å²) in [7, 11) is -4.23. The first kappa shape index (κ1) is 15.1. The minimum atomic E-state index is -4.23. The summed E-state index contributed by atoms with van der Waals surface area (Å²) >= 11 is 2.96. The summed E-state index contributed by atoms with van der Waals surface area (Å²) in [6.45, 7) is 2.00. The number of esters is 1. The molecule has 2 N–H and O–H groups in total. The minimum absolute atomic E-state index is 0.0890. The van der Waals surface area contributed by atoms with Gasteiger partial charge < -0.3 is 4.74 Å². The van der Waals surface area contributed by atoms with Crippen LogP contribution in [0.1, 0.15) is 23.7 Å². The fraction of sp³-hybridized carbons (Fsp3) is 0.300. The summed E-state index contributed by atoms with van der Waals surface area (Å²) in [5.41, 5.74) is -0.0890. The largest absolute Gasteiger partial charge is 0.462 e. The van der Waals surface area contributed by atoms with E-state index in [0.717, 1.165) is 12.1 Å². The number of benzene rings is 1. The number of carbonyl (C=O) groups is 1. The lowest BCUT2D eigenvalue weighted by atomic mass is 10.2. The maximum absolute atomic E-state index is 13.4. The smallest absolute Gasteiger partial charge is 0.339 e. The van der Waals surface area contributed by atoms with Gasteiger partial charge in [0.2, 0.25) is 10.0 Å². The second kappa shape index (κ2) is 5.77. The summed E-state index contributed by atoms with van der Waals surface area (Å²) in [6, 6.07) is 1.72. The summed E-state index contributed by atoms with van der Waals surface area (Å²) in [6.07, 6.45) is 0.618. The molecule has 0 radical (unpaired) electrons. The fourth-order valence-corrected chi connectivity index (χ4v) is 2.27. The molecule has 0 spiro atoms. The normalized spacial score (nSPS) is 11.3. The van der Waals surface area contributed by atoms with Crippen molar-refractivity contribution in [2.24, 2.45) is 5.14 Å². The third kappa shape index (κ3) is 3.50. The van der Waals surface area contributed by atoms with Crippen LogP contribution in [0.5, 0.6) is 0 Å². The van der Waals surface area contributed by atoms with E-state index >= 15 is 0 Å². The number of carbonyl (C=O) groups excluding carboxylic acids is 1. The van der Waals surface area contributed by atoms with Gasteiger partial charge >= 0.3 is 5.97 Å². The van der Waals surface area contributed by atoms with E-state index in [4.69, 9.17) is 9.88 Å². The van der Waals surface area contributed by atoms with Gasteiger partial charge in [-0.15, -0.1) is 0 Å². The van der Waals surface area contributed by atoms with E-state index in [1.807, 2.05) is 6.92 Å². The minimum Gasteiger partial charge on any atom is -0.462 e. The van der Waals surface area contributed by atoms with Crippen molar-refractivity contribution in [1.29, 1.82) is 0 Å². The first-order valence-corrected chi connectivity index (χ1v) is 7.30. The van der Waals surface area contributed by atoms with Crippen LogP contribution in [0.4, 0.5) is 4.39 Å². The Morgan fingerprint density at radius 1 is 1.50 bits per heavy atom. The Hall–Kier alpha value is -0.990. The highest BCUT2D eigenvalue weighted by Gasteiger charge is 2.21. The van der Waals surface area contributed by atoms with Gasteiger partial charge in [-0.2, -0.15) is 0 Å².